The Hall–Kier alpha value is -2.69. The number of nitrogens with zero attached hydrogens (tertiary/aromatic N) is 2. The third kappa shape index (κ3) is 3.59. The number of benzene rings is 3. The molecule has 0 unspecified atom stereocenters. The highest BCUT2D eigenvalue weighted by atomic mass is 79.9. The molecule has 0 N–H and O–H groups in total. The number of aromatic nitrogens is 2. The molecule has 27 heavy (non-hydrogen) atoms. The van der Waals surface area contributed by atoms with E-state index in [1.54, 1.807) is 10.6 Å². The van der Waals surface area contributed by atoms with Gasteiger partial charge in [0.1, 0.15) is 5.82 Å². The normalized spacial score (nSPS) is 11.3. The lowest BCUT2D eigenvalue weighted by Crippen LogP contribution is -2.22. The SMILES string of the molecule is O=c1c2ccccc2nc(C=Cc2ccccc2Cl)n1-c1ccc(Br)cc1. The van der Waals surface area contributed by atoms with Crippen LogP contribution in [0.3, 0.4) is 0 Å². The van der Waals surface area contributed by atoms with Crippen molar-refractivity contribution in [1.29, 1.82) is 0 Å². The third-order valence-electron chi connectivity index (χ3n) is 4.20. The molecular weight excluding hydrogens is 424 g/mol. The summed E-state index contributed by atoms with van der Waals surface area (Å²) >= 11 is 9.68. The lowest BCUT2D eigenvalue weighted by Gasteiger charge is -2.11. The van der Waals surface area contributed by atoms with Crippen LogP contribution in [0.25, 0.3) is 28.7 Å². The van der Waals surface area contributed by atoms with Gasteiger partial charge in [-0.3, -0.25) is 9.36 Å². The van der Waals surface area contributed by atoms with E-state index in [-0.39, 0.29) is 5.56 Å². The van der Waals surface area contributed by atoms with Crippen molar-refractivity contribution in [2.45, 2.75) is 0 Å². The maximum atomic E-state index is 13.2. The predicted molar refractivity (Wildman–Crippen MR) is 115 cm³/mol. The van der Waals surface area contributed by atoms with Crippen molar-refractivity contribution in [2.24, 2.45) is 0 Å². The van der Waals surface area contributed by atoms with Gasteiger partial charge in [-0.25, -0.2) is 4.98 Å². The van der Waals surface area contributed by atoms with E-state index in [2.05, 4.69) is 15.9 Å². The zero-order valence-corrected chi connectivity index (χ0v) is 16.5. The van der Waals surface area contributed by atoms with Gasteiger partial charge in [-0.05, 0) is 60.2 Å². The highest BCUT2D eigenvalue weighted by molar-refractivity contribution is 9.10. The Balaban J connectivity index is 1.95. The third-order valence-corrected chi connectivity index (χ3v) is 5.08. The van der Waals surface area contributed by atoms with Crippen molar-refractivity contribution >= 4 is 50.6 Å². The number of hydrogen-bond donors (Lipinski definition) is 0. The Bertz CT molecular complexity index is 1210. The number of rotatable bonds is 3. The van der Waals surface area contributed by atoms with Crippen molar-refractivity contribution in [2.75, 3.05) is 0 Å². The van der Waals surface area contributed by atoms with Gasteiger partial charge >= 0.3 is 0 Å². The van der Waals surface area contributed by atoms with Crippen LogP contribution in [0.5, 0.6) is 0 Å². The van der Waals surface area contributed by atoms with E-state index in [9.17, 15) is 4.79 Å². The molecule has 0 saturated heterocycles. The molecule has 0 spiro atoms. The molecule has 5 heteroatoms. The van der Waals surface area contributed by atoms with Gasteiger partial charge in [0, 0.05) is 9.50 Å². The number of hydrogen-bond acceptors (Lipinski definition) is 2. The van der Waals surface area contributed by atoms with Gasteiger partial charge in [0.15, 0.2) is 0 Å². The Morgan fingerprint density at radius 1 is 0.889 bits per heavy atom. The second-order valence-corrected chi connectivity index (χ2v) is 7.28. The fraction of sp³-hybridized carbons (Fsp3) is 0. The lowest BCUT2D eigenvalue weighted by atomic mass is 10.2. The monoisotopic (exact) mass is 436 g/mol. The molecule has 4 aromatic rings. The van der Waals surface area contributed by atoms with Gasteiger partial charge in [0.05, 0.1) is 16.6 Å². The molecule has 3 nitrogen and oxygen atoms in total. The Morgan fingerprint density at radius 2 is 1.59 bits per heavy atom. The van der Waals surface area contributed by atoms with Crippen LogP contribution in [0.2, 0.25) is 5.02 Å². The first kappa shape index (κ1) is 17.7. The standard InChI is InChI=1S/C22H14BrClN2O/c23-16-10-12-17(13-11-16)26-21(14-9-15-5-1-3-7-19(15)24)25-20-8-4-2-6-18(20)22(26)27/h1-14H. The van der Waals surface area contributed by atoms with Gasteiger partial charge in [-0.15, -0.1) is 0 Å². The summed E-state index contributed by atoms with van der Waals surface area (Å²) in [4.78, 5) is 17.9. The van der Waals surface area contributed by atoms with E-state index < -0.39 is 0 Å². The van der Waals surface area contributed by atoms with Crippen molar-refractivity contribution < 1.29 is 0 Å². The van der Waals surface area contributed by atoms with Crippen molar-refractivity contribution in [3.05, 3.63) is 104 Å². The average Bonchev–Trinajstić information content (AvgIpc) is 2.69. The van der Waals surface area contributed by atoms with E-state index in [0.29, 0.717) is 21.7 Å². The van der Waals surface area contributed by atoms with Gasteiger partial charge in [-0.1, -0.05) is 57.9 Å². The van der Waals surface area contributed by atoms with Crippen LogP contribution in [-0.2, 0) is 0 Å². The molecule has 4 rings (SSSR count). The number of halogens is 2. The van der Waals surface area contributed by atoms with Crippen LogP contribution in [0, 0.1) is 0 Å². The molecular formula is C22H14BrClN2O. The molecule has 1 heterocycles. The van der Waals surface area contributed by atoms with Crippen LogP contribution in [-0.4, -0.2) is 9.55 Å². The molecule has 0 aliphatic carbocycles. The van der Waals surface area contributed by atoms with E-state index >= 15 is 0 Å². The zero-order valence-electron chi connectivity index (χ0n) is 14.1. The molecule has 132 valence electrons. The van der Waals surface area contributed by atoms with E-state index in [4.69, 9.17) is 16.6 Å². The summed E-state index contributed by atoms with van der Waals surface area (Å²) in [6.07, 6.45) is 3.69. The average molecular weight is 438 g/mol. The molecule has 0 saturated carbocycles. The predicted octanol–water partition coefficient (Wildman–Crippen LogP) is 5.97. The highest BCUT2D eigenvalue weighted by Crippen LogP contribution is 2.20. The van der Waals surface area contributed by atoms with Crippen LogP contribution >= 0.6 is 27.5 Å². The molecule has 0 aliphatic rings. The Labute approximate surface area is 169 Å². The maximum Gasteiger partial charge on any atom is 0.266 e. The summed E-state index contributed by atoms with van der Waals surface area (Å²) in [7, 11) is 0. The van der Waals surface area contributed by atoms with Crippen molar-refractivity contribution in [3.63, 3.8) is 0 Å². The summed E-state index contributed by atoms with van der Waals surface area (Å²) < 4.78 is 2.56. The summed E-state index contributed by atoms with van der Waals surface area (Å²) in [5, 5.41) is 1.22. The minimum atomic E-state index is -0.110. The van der Waals surface area contributed by atoms with Gasteiger partial charge in [-0.2, -0.15) is 0 Å². The maximum absolute atomic E-state index is 13.2. The fourth-order valence-corrected chi connectivity index (χ4v) is 3.34. The smallest absolute Gasteiger partial charge is 0.266 e. The molecule has 0 aliphatic heterocycles. The van der Waals surface area contributed by atoms with Gasteiger partial charge < -0.3 is 0 Å². The van der Waals surface area contributed by atoms with E-state index in [0.717, 1.165) is 15.7 Å². The summed E-state index contributed by atoms with van der Waals surface area (Å²) in [6, 6.07) is 22.5. The van der Waals surface area contributed by atoms with Crippen LogP contribution in [0.1, 0.15) is 11.4 Å². The Morgan fingerprint density at radius 3 is 2.37 bits per heavy atom. The number of fused-ring (bicyclic) bond motifs is 1. The first-order chi connectivity index (χ1) is 13.1. The minimum absolute atomic E-state index is 0.110. The van der Waals surface area contributed by atoms with Crippen LogP contribution in [0.4, 0.5) is 0 Å². The van der Waals surface area contributed by atoms with Gasteiger partial charge in [0.2, 0.25) is 0 Å². The first-order valence-electron chi connectivity index (χ1n) is 8.34. The summed E-state index contributed by atoms with van der Waals surface area (Å²) in [5.74, 6) is 0.543. The number of para-hydroxylation sites is 1. The topological polar surface area (TPSA) is 34.9 Å². The quantitative estimate of drug-likeness (QED) is 0.396. The molecule has 0 atom stereocenters. The van der Waals surface area contributed by atoms with Crippen LogP contribution in [0.15, 0.2) is 82.1 Å². The minimum Gasteiger partial charge on any atom is -0.268 e. The summed E-state index contributed by atoms with van der Waals surface area (Å²) in [6.45, 7) is 0. The van der Waals surface area contributed by atoms with Crippen molar-refractivity contribution in [1.82, 2.24) is 9.55 Å². The molecule has 0 radical (unpaired) electrons. The van der Waals surface area contributed by atoms with Crippen LogP contribution < -0.4 is 5.56 Å². The highest BCUT2D eigenvalue weighted by Gasteiger charge is 2.11. The van der Waals surface area contributed by atoms with Gasteiger partial charge in [0.25, 0.3) is 5.56 Å². The molecule has 0 fully saturated rings. The second kappa shape index (κ2) is 7.51. The summed E-state index contributed by atoms with van der Waals surface area (Å²) in [5.41, 5.74) is 2.17. The Kier molecular flexibility index (Phi) is 4.92. The largest absolute Gasteiger partial charge is 0.268 e. The second-order valence-electron chi connectivity index (χ2n) is 5.96. The van der Waals surface area contributed by atoms with E-state index in [1.807, 2.05) is 78.9 Å². The first-order valence-corrected chi connectivity index (χ1v) is 9.51. The zero-order chi connectivity index (χ0) is 18.8. The molecule has 0 amide bonds. The molecule has 1 aromatic heterocycles. The lowest BCUT2D eigenvalue weighted by molar-refractivity contribution is 0.943. The molecule has 0 bridgehead atoms. The molecule has 3 aromatic carbocycles. The van der Waals surface area contributed by atoms with Crippen molar-refractivity contribution in [3.8, 4) is 5.69 Å². The van der Waals surface area contributed by atoms with E-state index in [1.165, 1.54) is 0 Å². The fourth-order valence-electron chi connectivity index (χ4n) is 2.88.